The summed E-state index contributed by atoms with van der Waals surface area (Å²) in [6.07, 6.45) is 6.24. The lowest BCUT2D eigenvalue weighted by molar-refractivity contribution is 0.489. The van der Waals surface area contributed by atoms with E-state index in [1.165, 1.54) is 30.7 Å². The Balaban J connectivity index is 2.03. The second-order valence-corrected chi connectivity index (χ2v) is 5.43. The zero-order valence-corrected chi connectivity index (χ0v) is 11.6. The molecule has 3 heteroatoms. The molecule has 1 unspecified atom stereocenters. The van der Waals surface area contributed by atoms with Crippen LogP contribution in [0.4, 0.5) is 0 Å². The molecule has 16 heavy (non-hydrogen) atoms. The standard InChI is InChI=1S/C13H24N2S/c1-4-5-7-11(2)14-9-6-8-13-15-12(3)10-16-13/h10-11,14H,4-9H2,1-3H3. The van der Waals surface area contributed by atoms with Gasteiger partial charge in [-0.1, -0.05) is 19.8 Å². The largest absolute Gasteiger partial charge is 0.314 e. The third-order valence-corrected chi connectivity index (χ3v) is 3.74. The SMILES string of the molecule is CCCCC(C)NCCCc1nc(C)cs1. The summed E-state index contributed by atoms with van der Waals surface area (Å²) in [6, 6.07) is 0.665. The fraction of sp³-hybridized carbons (Fsp3) is 0.769. The van der Waals surface area contributed by atoms with Gasteiger partial charge in [-0.2, -0.15) is 0 Å². The van der Waals surface area contributed by atoms with Gasteiger partial charge in [0.1, 0.15) is 0 Å². The molecule has 0 aliphatic rings. The number of hydrogen-bond donors (Lipinski definition) is 1. The molecule has 1 N–H and O–H groups in total. The van der Waals surface area contributed by atoms with Gasteiger partial charge in [0.05, 0.1) is 5.01 Å². The summed E-state index contributed by atoms with van der Waals surface area (Å²) in [5.41, 5.74) is 1.16. The molecule has 0 aliphatic carbocycles. The Morgan fingerprint density at radius 1 is 1.44 bits per heavy atom. The summed E-state index contributed by atoms with van der Waals surface area (Å²) in [5, 5.41) is 6.98. The maximum absolute atomic E-state index is 4.47. The Hall–Kier alpha value is -0.410. The second kappa shape index (κ2) is 7.80. The first kappa shape index (κ1) is 13.7. The van der Waals surface area contributed by atoms with E-state index in [4.69, 9.17) is 0 Å². The maximum atomic E-state index is 4.47. The summed E-state index contributed by atoms with van der Waals surface area (Å²) < 4.78 is 0. The van der Waals surface area contributed by atoms with Gasteiger partial charge in [0, 0.05) is 23.5 Å². The predicted molar refractivity (Wildman–Crippen MR) is 72.2 cm³/mol. The van der Waals surface area contributed by atoms with Crippen LogP contribution < -0.4 is 5.32 Å². The van der Waals surface area contributed by atoms with Crippen LogP contribution in [0.5, 0.6) is 0 Å². The van der Waals surface area contributed by atoms with Crippen molar-refractivity contribution in [2.75, 3.05) is 6.54 Å². The lowest BCUT2D eigenvalue weighted by Crippen LogP contribution is -2.27. The van der Waals surface area contributed by atoms with Crippen LogP contribution in [0.25, 0.3) is 0 Å². The van der Waals surface area contributed by atoms with Crippen molar-refractivity contribution in [2.45, 2.75) is 58.9 Å². The number of nitrogens with one attached hydrogen (secondary N) is 1. The van der Waals surface area contributed by atoms with Gasteiger partial charge in [0.25, 0.3) is 0 Å². The van der Waals surface area contributed by atoms with E-state index < -0.39 is 0 Å². The predicted octanol–water partition coefficient (Wildman–Crippen LogP) is 3.55. The fourth-order valence-corrected chi connectivity index (χ4v) is 2.54. The van der Waals surface area contributed by atoms with Crippen LogP contribution in [0.15, 0.2) is 5.38 Å². The molecule has 1 aromatic heterocycles. The number of rotatable bonds is 8. The first-order chi connectivity index (χ1) is 7.72. The molecule has 0 spiro atoms. The van der Waals surface area contributed by atoms with Crippen LogP contribution in [0.2, 0.25) is 0 Å². The number of aryl methyl sites for hydroxylation is 2. The Morgan fingerprint density at radius 2 is 2.25 bits per heavy atom. The normalized spacial score (nSPS) is 12.9. The van der Waals surface area contributed by atoms with Gasteiger partial charge in [-0.25, -0.2) is 4.98 Å². The van der Waals surface area contributed by atoms with Crippen LogP contribution in [-0.4, -0.2) is 17.6 Å². The minimum absolute atomic E-state index is 0.665. The molecule has 1 aromatic rings. The summed E-state index contributed by atoms with van der Waals surface area (Å²) in [6.45, 7) is 7.70. The van der Waals surface area contributed by atoms with Crippen molar-refractivity contribution in [2.24, 2.45) is 0 Å². The van der Waals surface area contributed by atoms with E-state index >= 15 is 0 Å². The minimum atomic E-state index is 0.665. The molecule has 2 nitrogen and oxygen atoms in total. The number of nitrogens with zero attached hydrogens (tertiary/aromatic N) is 1. The smallest absolute Gasteiger partial charge is 0.0928 e. The molecular weight excluding hydrogens is 216 g/mol. The average molecular weight is 240 g/mol. The van der Waals surface area contributed by atoms with E-state index in [-0.39, 0.29) is 0 Å². The molecule has 1 heterocycles. The number of aromatic nitrogens is 1. The highest BCUT2D eigenvalue weighted by molar-refractivity contribution is 7.09. The van der Waals surface area contributed by atoms with Crippen LogP contribution in [0, 0.1) is 6.92 Å². The number of hydrogen-bond acceptors (Lipinski definition) is 3. The van der Waals surface area contributed by atoms with Crippen molar-refractivity contribution in [1.82, 2.24) is 10.3 Å². The third kappa shape index (κ3) is 5.61. The highest BCUT2D eigenvalue weighted by Crippen LogP contribution is 2.10. The summed E-state index contributed by atoms with van der Waals surface area (Å²) in [7, 11) is 0. The van der Waals surface area contributed by atoms with Crippen molar-refractivity contribution in [1.29, 1.82) is 0 Å². The molecule has 0 bridgehead atoms. The van der Waals surface area contributed by atoms with Gasteiger partial charge in [0.2, 0.25) is 0 Å². The first-order valence-corrected chi connectivity index (χ1v) is 7.24. The van der Waals surface area contributed by atoms with Crippen molar-refractivity contribution in [3.8, 4) is 0 Å². The Bertz CT molecular complexity index is 283. The molecular formula is C13H24N2S. The first-order valence-electron chi connectivity index (χ1n) is 6.36. The topological polar surface area (TPSA) is 24.9 Å². The van der Waals surface area contributed by atoms with Crippen molar-refractivity contribution in [3.05, 3.63) is 16.1 Å². The summed E-state index contributed by atoms with van der Waals surface area (Å²) in [4.78, 5) is 4.47. The molecule has 0 radical (unpaired) electrons. The van der Waals surface area contributed by atoms with Gasteiger partial charge in [-0.3, -0.25) is 0 Å². The van der Waals surface area contributed by atoms with E-state index in [9.17, 15) is 0 Å². The number of thiazole rings is 1. The Kier molecular flexibility index (Phi) is 6.65. The molecule has 0 fully saturated rings. The highest BCUT2D eigenvalue weighted by atomic mass is 32.1. The molecule has 0 saturated heterocycles. The molecule has 1 rings (SSSR count). The Morgan fingerprint density at radius 3 is 2.88 bits per heavy atom. The van der Waals surface area contributed by atoms with Crippen molar-refractivity contribution >= 4 is 11.3 Å². The zero-order chi connectivity index (χ0) is 11.8. The highest BCUT2D eigenvalue weighted by Gasteiger charge is 2.01. The van der Waals surface area contributed by atoms with Crippen LogP contribution in [-0.2, 0) is 6.42 Å². The molecule has 0 aliphatic heterocycles. The van der Waals surface area contributed by atoms with Gasteiger partial charge in [0.15, 0.2) is 0 Å². The van der Waals surface area contributed by atoms with Crippen LogP contribution in [0.1, 0.15) is 50.2 Å². The summed E-state index contributed by atoms with van der Waals surface area (Å²) in [5.74, 6) is 0. The molecule has 0 saturated carbocycles. The van der Waals surface area contributed by atoms with E-state index in [1.807, 2.05) is 0 Å². The van der Waals surface area contributed by atoms with E-state index in [1.54, 1.807) is 11.3 Å². The Labute approximate surface area is 103 Å². The van der Waals surface area contributed by atoms with E-state index in [0.29, 0.717) is 6.04 Å². The van der Waals surface area contributed by atoms with Crippen molar-refractivity contribution < 1.29 is 0 Å². The minimum Gasteiger partial charge on any atom is -0.314 e. The average Bonchev–Trinajstić information content (AvgIpc) is 2.67. The van der Waals surface area contributed by atoms with Gasteiger partial charge in [-0.15, -0.1) is 11.3 Å². The lowest BCUT2D eigenvalue weighted by atomic mass is 10.1. The lowest BCUT2D eigenvalue weighted by Gasteiger charge is -2.12. The van der Waals surface area contributed by atoms with Crippen LogP contribution >= 0.6 is 11.3 Å². The quantitative estimate of drug-likeness (QED) is 0.703. The van der Waals surface area contributed by atoms with E-state index in [0.717, 1.165) is 18.7 Å². The monoisotopic (exact) mass is 240 g/mol. The zero-order valence-electron chi connectivity index (χ0n) is 10.8. The second-order valence-electron chi connectivity index (χ2n) is 4.48. The van der Waals surface area contributed by atoms with E-state index in [2.05, 4.69) is 36.5 Å². The summed E-state index contributed by atoms with van der Waals surface area (Å²) >= 11 is 1.78. The fourth-order valence-electron chi connectivity index (χ4n) is 1.72. The van der Waals surface area contributed by atoms with Crippen molar-refractivity contribution in [3.63, 3.8) is 0 Å². The molecule has 0 amide bonds. The maximum Gasteiger partial charge on any atom is 0.0928 e. The van der Waals surface area contributed by atoms with Gasteiger partial charge < -0.3 is 5.32 Å². The van der Waals surface area contributed by atoms with Gasteiger partial charge >= 0.3 is 0 Å². The molecule has 92 valence electrons. The molecule has 1 atom stereocenters. The number of unbranched alkanes of at least 4 members (excludes halogenated alkanes) is 1. The third-order valence-electron chi connectivity index (χ3n) is 2.72. The molecule has 0 aromatic carbocycles. The van der Waals surface area contributed by atoms with Gasteiger partial charge in [-0.05, 0) is 33.2 Å². The van der Waals surface area contributed by atoms with Crippen LogP contribution in [0.3, 0.4) is 0 Å².